The van der Waals surface area contributed by atoms with Crippen LogP contribution in [0.3, 0.4) is 0 Å². The first kappa shape index (κ1) is 12.1. The van der Waals surface area contributed by atoms with Crippen LogP contribution >= 0.6 is 0 Å². The molecule has 18 heavy (non-hydrogen) atoms. The second-order valence-electron chi connectivity index (χ2n) is 3.49. The van der Waals surface area contributed by atoms with Crippen LogP contribution in [-0.2, 0) is 13.1 Å². The van der Waals surface area contributed by atoms with Crippen molar-refractivity contribution in [1.29, 1.82) is 0 Å². The van der Waals surface area contributed by atoms with Crippen molar-refractivity contribution < 1.29 is 13.8 Å². The van der Waals surface area contributed by atoms with E-state index in [-0.39, 0.29) is 0 Å². The quantitative estimate of drug-likeness (QED) is 0.638. The molecule has 0 saturated carbocycles. The number of nitrogens with zero attached hydrogens (tertiary/aromatic N) is 3. The maximum atomic E-state index is 13.3. The summed E-state index contributed by atoms with van der Waals surface area (Å²) in [5, 5.41) is 17.0. The van der Waals surface area contributed by atoms with Gasteiger partial charge in [-0.2, -0.15) is 9.37 Å². The summed E-state index contributed by atoms with van der Waals surface area (Å²) in [5.41, 5.74) is 0.0681. The predicted octanol–water partition coefficient (Wildman–Crippen LogP) is 1.41. The van der Waals surface area contributed by atoms with Gasteiger partial charge < -0.3 is 9.84 Å². The summed E-state index contributed by atoms with van der Waals surface area (Å²) in [6.07, 6.45) is 1.21. The zero-order valence-corrected chi connectivity index (χ0v) is 9.17. The van der Waals surface area contributed by atoms with Crippen LogP contribution < -0.4 is 5.32 Å². The molecule has 1 heterocycles. The average molecular weight is 252 g/mol. The van der Waals surface area contributed by atoms with Gasteiger partial charge in [0.1, 0.15) is 0 Å². The lowest BCUT2D eigenvalue weighted by atomic mass is 10.2. The monoisotopic (exact) mass is 252 g/mol. The van der Waals surface area contributed by atoms with Gasteiger partial charge in [-0.05, 0) is 11.6 Å². The normalized spacial score (nSPS) is 10.5. The lowest BCUT2D eigenvalue weighted by Gasteiger charge is -2.02. The van der Waals surface area contributed by atoms with Crippen molar-refractivity contribution in [2.45, 2.75) is 13.1 Å². The highest BCUT2D eigenvalue weighted by atomic mass is 19.1. The van der Waals surface area contributed by atoms with Crippen molar-refractivity contribution in [2.24, 2.45) is 0 Å². The summed E-state index contributed by atoms with van der Waals surface area (Å²) in [7, 11) is 0. The van der Waals surface area contributed by atoms with Crippen LogP contribution in [0.5, 0.6) is 0 Å². The highest BCUT2D eigenvalue weighted by Gasteiger charge is 2.13. The largest absolute Gasteiger partial charge is 0.343 e. The first-order valence-corrected chi connectivity index (χ1v) is 5.05. The first-order valence-electron chi connectivity index (χ1n) is 5.05. The van der Waals surface area contributed by atoms with E-state index in [1.807, 2.05) is 0 Å². The Hall–Kier alpha value is -2.35. The predicted molar refractivity (Wildman–Crippen MR) is 57.9 cm³/mol. The van der Waals surface area contributed by atoms with E-state index in [9.17, 15) is 14.5 Å². The summed E-state index contributed by atoms with van der Waals surface area (Å²) in [5.74, 6) is -0.365. The van der Waals surface area contributed by atoms with Gasteiger partial charge in [0.25, 0.3) is 0 Å². The number of halogens is 1. The first-order chi connectivity index (χ1) is 8.66. The van der Waals surface area contributed by atoms with Gasteiger partial charge in [-0.25, -0.2) is 0 Å². The number of hydrogen-bond acceptors (Lipinski definition) is 6. The SMILES string of the molecule is O=[N+]([O-])c1ccc(CNCc2ncon2)cc1F. The van der Waals surface area contributed by atoms with Gasteiger partial charge in [-0.3, -0.25) is 10.1 Å². The molecule has 0 bridgehead atoms. The fourth-order valence-corrected chi connectivity index (χ4v) is 1.40. The number of nitrogens with one attached hydrogen (secondary N) is 1. The second kappa shape index (κ2) is 5.32. The van der Waals surface area contributed by atoms with Crippen LogP contribution in [0.2, 0.25) is 0 Å². The summed E-state index contributed by atoms with van der Waals surface area (Å²) < 4.78 is 17.8. The van der Waals surface area contributed by atoms with Crippen molar-refractivity contribution in [3.63, 3.8) is 0 Å². The van der Waals surface area contributed by atoms with Crippen LogP contribution in [0.4, 0.5) is 10.1 Å². The molecule has 1 N–H and O–H groups in total. The fourth-order valence-electron chi connectivity index (χ4n) is 1.40. The summed E-state index contributed by atoms with van der Waals surface area (Å²) in [6, 6.07) is 3.76. The van der Waals surface area contributed by atoms with Gasteiger partial charge in [0, 0.05) is 12.6 Å². The molecule has 0 radical (unpaired) electrons. The van der Waals surface area contributed by atoms with Crippen molar-refractivity contribution >= 4 is 5.69 Å². The molecule has 0 amide bonds. The molecule has 1 aromatic heterocycles. The Bertz CT molecular complexity index is 544. The molecule has 7 nitrogen and oxygen atoms in total. The van der Waals surface area contributed by atoms with Gasteiger partial charge in [0.05, 0.1) is 11.5 Å². The van der Waals surface area contributed by atoms with Gasteiger partial charge >= 0.3 is 5.69 Å². The maximum absolute atomic E-state index is 13.3. The van der Waals surface area contributed by atoms with Gasteiger partial charge in [-0.15, -0.1) is 0 Å². The molecular weight excluding hydrogens is 243 g/mol. The van der Waals surface area contributed by atoms with Gasteiger partial charge in [-0.1, -0.05) is 11.2 Å². The number of aromatic nitrogens is 2. The van der Waals surface area contributed by atoms with Gasteiger partial charge in [0.15, 0.2) is 5.82 Å². The summed E-state index contributed by atoms with van der Waals surface area (Å²) in [4.78, 5) is 13.5. The van der Waals surface area contributed by atoms with Crippen LogP contribution in [0.15, 0.2) is 29.1 Å². The van der Waals surface area contributed by atoms with Crippen molar-refractivity contribution in [1.82, 2.24) is 15.5 Å². The Morgan fingerprint density at radius 2 is 2.28 bits per heavy atom. The molecule has 1 aromatic carbocycles. The highest BCUT2D eigenvalue weighted by molar-refractivity contribution is 5.34. The average Bonchev–Trinajstić information content (AvgIpc) is 2.81. The van der Waals surface area contributed by atoms with Crippen LogP contribution in [-0.4, -0.2) is 15.1 Å². The Balaban J connectivity index is 1.94. The lowest BCUT2D eigenvalue weighted by molar-refractivity contribution is -0.387. The van der Waals surface area contributed by atoms with E-state index in [2.05, 4.69) is 20.0 Å². The Morgan fingerprint density at radius 1 is 1.44 bits per heavy atom. The highest BCUT2D eigenvalue weighted by Crippen LogP contribution is 2.17. The molecule has 0 aliphatic heterocycles. The molecule has 0 aliphatic rings. The number of benzene rings is 1. The molecule has 2 rings (SSSR count). The minimum absolute atomic E-state index is 0.351. The zero-order chi connectivity index (χ0) is 13.0. The number of nitro benzene ring substituents is 1. The lowest BCUT2D eigenvalue weighted by Crippen LogP contribution is -2.13. The maximum Gasteiger partial charge on any atom is 0.304 e. The number of hydrogen-bond donors (Lipinski definition) is 1. The topological polar surface area (TPSA) is 94.1 Å². The van der Waals surface area contributed by atoms with E-state index >= 15 is 0 Å². The van der Waals surface area contributed by atoms with Crippen molar-refractivity contribution in [3.8, 4) is 0 Å². The molecular formula is C10H9FN4O3. The minimum Gasteiger partial charge on any atom is -0.343 e. The molecule has 0 aliphatic carbocycles. The molecule has 8 heteroatoms. The zero-order valence-electron chi connectivity index (χ0n) is 9.17. The fraction of sp³-hybridized carbons (Fsp3) is 0.200. The second-order valence-corrected chi connectivity index (χ2v) is 3.49. The smallest absolute Gasteiger partial charge is 0.304 e. The van der Waals surface area contributed by atoms with Crippen LogP contribution in [0.1, 0.15) is 11.4 Å². The van der Waals surface area contributed by atoms with E-state index in [0.717, 1.165) is 12.1 Å². The van der Waals surface area contributed by atoms with Gasteiger partial charge in [0.2, 0.25) is 12.2 Å². The van der Waals surface area contributed by atoms with Crippen molar-refractivity contribution in [2.75, 3.05) is 0 Å². The Kier molecular flexibility index (Phi) is 3.58. The molecule has 0 unspecified atom stereocenters. The third kappa shape index (κ3) is 2.86. The van der Waals surface area contributed by atoms with E-state index < -0.39 is 16.4 Å². The summed E-state index contributed by atoms with van der Waals surface area (Å²) in [6.45, 7) is 0.721. The van der Waals surface area contributed by atoms with E-state index in [0.29, 0.717) is 24.5 Å². The molecule has 0 saturated heterocycles. The van der Waals surface area contributed by atoms with E-state index in [1.54, 1.807) is 0 Å². The minimum atomic E-state index is -0.848. The molecule has 0 spiro atoms. The molecule has 0 atom stereocenters. The van der Waals surface area contributed by atoms with Crippen molar-refractivity contribution in [3.05, 3.63) is 51.9 Å². The Labute approximate surface area is 101 Å². The van der Waals surface area contributed by atoms with E-state index in [4.69, 9.17) is 0 Å². The van der Waals surface area contributed by atoms with Crippen LogP contribution in [0, 0.1) is 15.9 Å². The number of rotatable bonds is 5. The molecule has 94 valence electrons. The molecule has 2 aromatic rings. The summed E-state index contributed by atoms with van der Waals surface area (Å²) >= 11 is 0. The Morgan fingerprint density at radius 3 is 2.89 bits per heavy atom. The third-order valence-corrected chi connectivity index (χ3v) is 2.23. The standard InChI is InChI=1S/C10H9FN4O3/c11-8-3-7(1-2-9(8)15(16)17)4-12-5-10-13-6-18-14-10/h1-3,6,12H,4-5H2. The number of nitro groups is 1. The van der Waals surface area contributed by atoms with E-state index in [1.165, 1.54) is 12.5 Å². The van der Waals surface area contributed by atoms with Crippen LogP contribution in [0.25, 0.3) is 0 Å². The third-order valence-electron chi connectivity index (χ3n) is 2.23. The molecule has 0 fully saturated rings.